The van der Waals surface area contributed by atoms with Gasteiger partial charge in [-0.25, -0.2) is 0 Å². The molecule has 10 rings (SSSR count). The maximum atomic E-state index is 10.8. The van der Waals surface area contributed by atoms with Crippen LogP contribution >= 0.6 is 0 Å². The summed E-state index contributed by atoms with van der Waals surface area (Å²) in [6.45, 7) is 11.1. The highest BCUT2D eigenvalue weighted by Crippen LogP contribution is 2.52. The molecule has 10 aromatic rings. The van der Waals surface area contributed by atoms with Crippen molar-refractivity contribution < 1.29 is 0 Å². The third-order valence-corrected chi connectivity index (χ3v) is 12.5. The van der Waals surface area contributed by atoms with E-state index >= 15 is 0 Å². The molecule has 0 heterocycles. The summed E-state index contributed by atoms with van der Waals surface area (Å²) in [6.07, 6.45) is 0. The molecule has 4 nitrogen and oxygen atoms in total. The van der Waals surface area contributed by atoms with Crippen molar-refractivity contribution in [3.63, 3.8) is 0 Å². The lowest BCUT2D eigenvalue weighted by Gasteiger charge is -2.34. The third kappa shape index (κ3) is 6.82. The predicted octanol–water partition coefficient (Wildman–Crippen LogP) is 16.1. The van der Waals surface area contributed by atoms with Crippen LogP contribution in [0, 0.1) is 48.6 Å². The van der Waals surface area contributed by atoms with Crippen molar-refractivity contribution in [1.29, 1.82) is 10.5 Å². The van der Waals surface area contributed by atoms with E-state index in [1.165, 1.54) is 10.9 Å². The lowest BCUT2D eigenvalue weighted by Crippen LogP contribution is -2.17. The Morgan fingerprint density at radius 1 is 0.438 bits per heavy atom. The SMILES string of the molecule is Cc1ccc(-c2cc#ccc2)cc1N(c1ccccc1C#N)c1cc(N(c2cc(-c3ccccc3)ccc2C)c2ccccc2C#N)c2ccc3cc(C(C)(C)C)cc4ccc1c2c43. The number of anilines is 6. The topological polar surface area (TPSA) is 54.1 Å². The Kier molecular flexibility index (Phi) is 9.84. The van der Waals surface area contributed by atoms with Crippen LogP contribution in [-0.4, -0.2) is 0 Å². The zero-order valence-electron chi connectivity index (χ0n) is 36.5. The van der Waals surface area contributed by atoms with Gasteiger partial charge in [-0.2, -0.15) is 10.5 Å². The highest BCUT2D eigenvalue weighted by Gasteiger charge is 2.28. The average Bonchev–Trinajstić information content (AvgIpc) is 3.33. The normalized spacial score (nSPS) is 11.4. The van der Waals surface area contributed by atoms with Gasteiger partial charge in [0, 0.05) is 27.5 Å². The summed E-state index contributed by atoms with van der Waals surface area (Å²) < 4.78 is 0. The molecule has 64 heavy (non-hydrogen) atoms. The minimum Gasteiger partial charge on any atom is -0.308 e. The van der Waals surface area contributed by atoms with Crippen molar-refractivity contribution in [2.75, 3.05) is 9.80 Å². The lowest BCUT2D eigenvalue weighted by molar-refractivity contribution is 0.591. The number of benzene rings is 9. The van der Waals surface area contributed by atoms with Crippen LogP contribution in [0.2, 0.25) is 0 Å². The van der Waals surface area contributed by atoms with E-state index in [0.717, 1.165) is 94.4 Å². The van der Waals surface area contributed by atoms with E-state index in [-0.39, 0.29) is 5.41 Å². The van der Waals surface area contributed by atoms with E-state index in [4.69, 9.17) is 0 Å². The Morgan fingerprint density at radius 2 is 0.953 bits per heavy atom. The molecule has 10 aromatic carbocycles. The van der Waals surface area contributed by atoms with E-state index in [9.17, 15) is 10.5 Å². The Labute approximate surface area is 375 Å². The maximum Gasteiger partial charge on any atom is 0.101 e. The molecule has 0 amide bonds. The van der Waals surface area contributed by atoms with E-state index in [0.29, 0.717) is 11.1 Å². The fourth-order valence-corrected chi connectivity index (χ4v) is 9.20. The smallest absolute Gasteiger partial charge is 0.101 e. The van der Waals surface area contributed by atoms with Crippen LogP contribution < -0.4 is 9.80 Å². The minimum atomic E-state index is -0.0607. The molecule has 0 spiro atoms. The zero-order valence-corrected chi connectivity index (χ0v) is 36.5. The first kappa shape index (κ1) is 39.8. The summed E-state index contributed by atoms with van der Waals surface area (Å²) in [5.74, 6) is 0. The Bertz CT molecular complexity index is 3260. The number of aryl methyl sites for hydroxylation is 2. The van der Waals surface area contributed by atoms with Gasteiger partial charge in [-0.3, -0.25) is 0 Å². The summed E-state index contributed by atoms with van der Waals surface area (Å²) in [7, 11) is 0. The monoisotopic (exact) mass is 820 g/mol. The van der Waals surface area contributed by atoms with Crippen LogP contribution in [0.3, 0.4) is 0 Å². The highest BCUT2D eigenvalue weighted by molar-refractivity contribution is 6.29. The van der Waals surface area contributed by atoms with Crippen LogP contribution in [0.5, 0.6) is 0 Å². The summed E-state index contributed by atoms with van der Waals surface area (Å²) in [5, 5.41) is 28.3. The molecule has 0 aliphatic carbocycles. The van der Waals surface area contributed by atoms with Crippen LogP contribution in [0.1, 0.15) is 48.6 Å². The van der Waals surface area contributed by atoms with Gasteiger partial charge in [0.1, 0.15) is 12.1 Å². The molecule has 0 aliphatic heterocycles. The molecule has 0 aliphatic rings. The second kappa shape index (κ2) is 15.8. The molecule has 0 saturated carbocycles. The first-order chi connectivity index (χ1) is 31.1. The average molecular weight is 821 g/mol. The van der Waals surface area contributed by atoms with Gasteiger partial charge in [-0.1, -0.05) is 148 Å². The molecule has 4 heteroatoms. The molecule has 0 unspecified atom stereocenters. The number of hydrogen-bond donors (Lipinski definition) is 0. The van der Waals surface area contributed by atoms with Crippen molar-refractivity contribution >= 4 is 66.4 Å². The van der Waals surface area contributed by atoms with Crippen LogP contribution in [0.25, 0.3) is 54.6 Å². The fourth-order valence-electron chi connectivity index (χ4n) is 9.20. The van der Waals surface area contributed by atoms with Gasteiger partial charge in [0.05, 0.1) is 33.9 Å². The maximum absolute atomic E-state index is 10.8. The predicted molar refractivity (Wildman–Crippen MR) is 266 cm³/mol. The third-order valence-electron chi connectivity index (χ3n) is 12.5. The van der Waals surface area contributed by atoms with Crippen molar-refractivity contribution in [3.05, 3.63) is 216 Å². The molecule has 0 saturated heterocycles. The number of hydrogen-bond acceptors (Lipinski definition) is 4. The molecular weight excluding hydrogens is 777 g/mol. The first-order valence-electron chi connectivity index (χ1n) is 21.6. The molecule has 0 bridgehead atoms. The molecule has 0 aromatic heterocycles. The van der Waals surface area contributed by atoms with Gasteiger partial charge < -0.3 is 9.80 Å². The zero-order chi connectivity index (χ0) is 44.1. The summed E-state index contributed by atoms with van der Waals surface area (Å²) in [5.41, 5.74) is 13.9. The fraction of sp³-hybridized carbons (Fsp3) is 0.100. The molecule has 0 radical (unpaired) electrons. The van der Waals surface area contributed by atoms with Gasteiger partial charge in [-0.15, -0.1) is 0 Å². The number of rotatable bonds is 8. The van der Waals surface area contributed by atoms with Gasteiger partial charge in [-0.05, 0) is 135 Å². The van der Waals surface area contributed by atoms with Crippen molar-refractivity contribution in [3.8, 4) is 34.4 Å². The quantitative estimate of drug-likeness (QED) is 0.143. The van der Waals surface area contributed by atoms with Crippen LogP contribution in [0.15, 0.2) is 176 Å². The van der Waals surface area contributed by atoms with Crippen molar-refractivity contribution in [1.82, 2.24) is 0 Å². The van der Waals surface area contributed by atoms with Crippen molar-refractivity contribution in [2.45, 2.75) is 40.0 Å². The Hall–Kier alpha value is -8.36. The highest BCUT2D eigenvalue weighted by atomic mass is 15.2. The Balaban J connectivity index is 1.38. The van der Waals surface area contributed by atoms with Gasteiger partial charge in [0.15, 0.2) is 0 Å². The van der Waals surface area contributed by atoms with Crippen molar-refractivity contribution in [2.24, 2.45) is 0 Å². The lowest BCUT2D eigenvalue weighted by atomic mass is 9.83. The van der Waals surface area contributed by atoms with Gasteiger partial charge in [0.2, 0.25) is 0 Å². The molecule has 0 fully saturated rings. The Morgan fingerprint density at radius 3 is 1.45 bits per heavy atom. The van der Waals surface area contributed by atoms with E-state index < -0.39 is 0 Å². The van der Waals surface area contributed by atoms with Gasteiger partial charge in [0.25, 0.3) is 0 Å². The van der Waals surface area contributed by atoms with Crippen LogP contribution in [0.4, 0.5) is 34.1 Å². The van der Waals surface area contributed by atoms with E-state index in [1.807, 2.05) is 66.7 Å². The number of nitriles is 2. The largest absolute Gasteiger partial charge is 0.308 e. The van der Waals surface area contributed by atoms with Crippen LogP contribution in [-0.2, 0) is 5.41 Å². The number of nitrogens with zero attached hydrogens (tertiary/aromatic N) is 4. The summed E-state index contributed by atoms with van der Waals surface area (Å²) in [4.78, 5) is 4.55. The first-order valence-corrected chi connectivity index (χ1v) is 21.6. The number of para-hydroxylation sites is 2. The second-order valence-corrected chi connectivity index (χ2v) is 17.6. The molecule has 0 N–H and O–H groups in total. The summed E-state index contributed by atoms with van der Waals surface area (Å²) in [6, 6.07) is 72.4. The minimum absolute atomic E-state index is 0.0607. The molecule has 0 atom stereocenters. The summed E-state index contributed by atoms with van der Waals surface area (Å²) >= 11 is 0. The molecule has 304 valence electrons. The standard InChI is InChI=1S/C60H44N4/c1-39-24-26-43(41-16-8-6-9-17-41)34-54(39)63(52-22-14-12-20-47(52)37-61)56-36-57(51-31-29-46-33-49(60(3,4)5)32-45-28-30-50(56)59(51)58(45)46)64(53-23-15-13-21-48(53)38-62)55-35-44(27-25-40(55)2)42-18-10-7-11-19-42/h6,8-10,12-36H,1-5H3. The second-order valence-electron chi connectivity index (χ2n) is 17.6. The van der Waals surface area contributed by atoms with E-state index in [1.54, 1.807) is 0 Å². The van der Waals surface area contributed by atoms with Gasteiger partial charge >= 0.3 is 0 Å². The molecular formula is C60H44N4. The van der Waals surface area contributed by atoms with E-state index in [2.05, 4.69) is 178 Å².